The van der Waals surface area contributed by atoms with Crippen molar-refractivity contribution in [1.29, 1.82) is 0 Å². The lowest BCUT2D eigenvalue weighted by Gasteiger charge is -2.16. The quantitative estimate of drug-likeness (QED) is 0.684. The van der Waals surface area contributed by atoms with E-state index in [2.05, 4.69) is 13.8 Å². The average molecular weight is 168 g/mol. The molecule has 0 bridgehead atoms. The van der Waals surface area contributed by atoms with Crippen molar-refractivity contribution in [2.75, 3.05) is 0 Å². The van der Waals surface area contributed by atoms with Crippen molar-refractivity contribution in [2.45, 2.75) is 26.7 Å². The van der Waals surface area contributed by atoms with Crippen LogP contribution in [0.5, 0.6) is 0 Å². The highest BCUT2D eigenvalue weighted by atomic mass is 16.4. The van der Waals surface area contributed by atoms with Crippen LogP contribution in [0.1, 0.15) is 26.7 Å². The third kappa shape index (κ3) is 0.970. The number of carboxylic acid groups (broad SMARTS) is 1. The molecule has 12 heavy (non-hydrogen) atoms. The van der Waals surface area contributed by atoms with Crippen molar-refractivity contribution in [3.8, 4) is 0 Å². The number of carboxylic acids is 1. The van der Waals surface area contributed by atoms with Gasteiger partial charge >= 0.3 is 5.97 Å². The van der Waals surface area contributed by atoms with Crippen molar-refractivity contribution in [1.82, 2.24) is 0 Å². The van der Waals surface area contributed by atoms with E-state index in [4.69, 9.17) is 5.11 Å². The second-order valence-electron chi connectivity index (χ2n) is 4.59. The van der Waals surface area contributed by atoms with Crippen LogP contribution < -0.4 is 0 Å². The molecule has 2 aliphatic rings. The molecule has 4 atom stereocenters. The number of rotatable bonds is 2. The van der Waals surface area contributed by atoms with E-state index >= 15 is 0 Å². The highest BCUT2D eigenvalue weighted by molar-refractivity contribution is 5.74. The van der Waals surface area contributed by atoms with Gasteiger partial charge in [0.1, 0.15) is 0 Å². The molecule has 4 unspecified atom stereocenters. The molecule has 0 spiro atoms. The molecule has 0 aromatic rings. The molecule has 0 amide bonds. The largest absolute Gasteiger partial charge is 0.481 e. The fourth-order valence-corrected chi connectivity index (χ4v) is 3.06. The maximum atomic E-state index is 10.7. The molecule has 0 saturated heterocycles. The Morgan fingerprint density at radius 2 is 2.08 bits per heavy atom. The van der Waals surface area contributed by atoms with E-state index in [1.807, 2.05) is 0 Å². The third-order valence-corrected chi connectivity index (χ3v) is 3.70. The summed E-state index contributed by atoms with van der Waals surface area (Å²) in [5.41, 5.74) is 0. The Balaban J connectivity index is 2.02. The van der Waals surface area contributed by atoms with E-state index in [9.17, 15) is 4.79 Å². The van der Waals surface area contributed by atoms with Gasteiger partial charge in [-0.2, -0.15) is 0 Å². The topological polar surface area (TPSA) is 37.3 Å². The van der Waals surface area contributed by atoms with Gasteiger partial charge in [0.15, 0.2) is 0 Å². The molecular weight excluding hydrogens is 152 g/mol. The van der Waals surface area contributed by atoms with Gasteiger partial charge in [0, 0.05) is 0 Å². The molecule has 2 fully saturated rings. The van der Waals surface area contributed by atoms with Gasteiger partial charge < -0.3 is 5.11 Å². The van der Waals surface area contributed by atoms with Gasteiger partial charge in [-0.05, 0) is 36.5 Å². The summed E-state index contributed by atoms with van der Waals surface area (Å²) in [4.78, 5) is 10.7. The summed E-state index contributed by atoms with van der Waals surface area (Å²) in [6.45, 7) is 4.43. The van der Waals surface area contributed by atoms with E-state index < -0.39 is 5.97 Å². The summed E-state index contributed by atoms with van der Waals surface area (Å²) < 4.78 is 0. The second-order valence-corrected chi connectivity index (χ2v) is 4.59. The first-order valence-electron chi connectivity index (χ1n) is 4.85. The summed E-state index contributed by atoms with van der Waals surface area (Å²) in [5.74, 6) is 1.89. The van der Waals surface area contributed by atoms with Gasteiger partial charge in [0.05, 0.1) is 5.92 Å². The average Bonchev–Trinajstić information content (AvgIpc) is 2.52. The molecule has 2 rings (SSSR count). The number of fused-ring (bicyclic) bond motifs is 1. The molecule has 0 radical (unpaired) electrons. The standard InChI is InChI=1S/C10H16O2/c1-5(2)6-3-4-7-8(6)9(7)10(11)12/h5-9H,3-4H2,1-2H3,(H,11,12). The smallest absolute Gasteiger partial charge is 0.307 e. The minimum atomic E-state index is -0.560. The van der Waals surface area contributed by atoms with E-state index in [1.165, 1.54) is 6.42 Å². The molecule has 0 aliphatic heterocycles. The maximum Gasteiger partial charge on any atom is 0.307 e. The molecule has 2 nitrogen and oxygen atoms in total. The second kappa shape index (κ2) is 2.48. The lowest BCUT2D eigenvalue weighted by Crippen LogP contribution is -2.13. The van der Waals surface area contributed by atoms with Crippen LogP contribution in [0.15, 0.2) is 0 Å². The Morgan fingerprint density at radius 3 is 2.50 bits per heavy atom. The third-order valence-electron chi connectivity index (χ3n) is 3.70. The Hall–Kier alpha value is -0.530. The van der Waals surface area contributed by atoms with Crippen LogP contribution in [0.2, 0.25) is 0 Å². The maximum absolute atomic E-state index is 10.7. The van der Waals surface area contributed by atoms with E-state index in [0.717, 1.165) is 6.42 Å². The summed E-state index contributed by atoms with van der Waals surface area (Å²) in [6, 6.07) is 0. The Kier molecular flexibility index (Phi) is 1.67. The van der Waals surface area contributed by atoms with Gasteiger partial charge in [-0.25, -0.2) is 0 Å². The highest BCUT2D eigenvalue weighted by Gasteiger charge is 2.61. The Bertz CT molecular complexity index is 210. The fraction of sp³-hybridized carbons (Fsp3) is 0.900. The lowest BCUT2D eigenvalue weighted by molar-refractivity contribution is -0.139. The predicted octanol–water partition coefficient (Wildman–Crippen LogP) is 2.00. The molecule has 1 N–H and O–H groups in total. The van der Waals surface area contributed by atoms with Crippen LogP contribution in [0.25, 0.3) is 0 Å². The van der Waals surface area contributed by atoms with Crippen molar-refractivity contribution in [2.24, 2.45) is 29.6 Å². The van der Waals surface area contributed by atoms with Crippen molar-refractivity contribution in [3.05, 3.63) is 0 Å². The molecule has 2 saturated carbocycles. The molecule has 2 heteroatoms. The zero-order valence-corrected chi connectivity index (χ0v) is 7.66. The van der Waals surface area contributed by atoms with E-state index in [-0.39, 0.29) is 5.92 Å². The minimum absolute atomic E-state index is 0.0196. The molecule has 0 aromatic carbocycles. The number of aliphatic carboxylic acids is 1. The van der Waals surface area contributed by atoms with Crippen LogP contribution in [0.4, 0.5) is 0 Å². The van der Waals surface area contributed by atoms with Crippen LogP contribution >= 0.6 is 0 Å². The monoisotopic (exact) mass is 168 g/mol. The normalized spacial score (nSPS) is 44.6. The van der Waals surface area contributed by atoms with Gasteiger partial charge in [0.25, 0.3) is 0 Å². The molecule has 2 aliphatic carbocycles. The van der Waals surface area contributed by atoms with Gasteiger partial charge in [-0.3, -0.25) is 4.79 Å². The zero-order valence-electron chi connectivity index (χ0n) is 7.66. The van der Waals surface area contributed by atoms with Crippen LogP contribution in [-0.2, 0) is 4.79 Å². The zero-order chi connectivity index (χ0) is 8.88. The lowest BCUT2D eigenvalue weighted by atomic mass is 9.89. The summed E-state index contributed by atoms with van der Waals surface area (Å²) >= 11 is 0. The molecule has 68 valence electrons. The predicted molar refractivity (Wildman–Crippen MR) is 45.7 cm³/mol. The van der Waals surface area contributed by atoms with Crippen molar-refractivity contribution < 1.29 is 9.90 Å². The van der Waals surface area contributed by atoms with Gasteiger partial charge in [-0.1, -0.05) is 13.8 Å². The van der Waals surface area contributed by atoms with Crippen molar-refractivity contribution in [3.63, 3.8) is 0 Å². The SMILES string of the molecule is CC(C)C1CCC2C(C(=O)O)C12. The minimum Gasteiger partial charge on any atom is -0.481 e. The van der Waals surface area contributed by atoms with E-state index in [0.29, 0.717) is 23.7 Å². The van der Waals surface area contributed by atoms with Gasteiger partial charge in [0.2, 0.25) is 0 Å². The Morgan fingerprint density at radius 1 is 1.42 bits per heavy atom. The van der Waals surface area contributed by atoms with Crippen LogP contribution in [0, 0.1) is 29.6 Å². The number of hydrogen-bond donors (Lipinski definition) is 1. The molecular formula is C10H16O2. The van der Waals surface area contributed by atoms with Crippen LogP contribution in [0.3, 0.4) is 0 Å². The van der Waals surface area contributed by atoms with Crippen LogP contribution in [-0.4, -0.2) is 11.1 Å². The molecule has 0 aromatic heterocycles. The fourth-order valence-electron chi connectivity index (χ4n) is 3.06. The Labute approximate surface area is 73.0 Å². The first-order chi connectivity index (χ1) is 5.63. The van der Waals surface area contributed by atoms with E-state index in [1.54, 1.807) is 0 Å². The van der Waals surface area contributed by atoms with Gasteiger partial charge in [-0.15, -0.1) is 0 Å². The number of carbonyl (C=O) groups is 1. The summed E-state index contributed by atoms with van der Waals surface area (Å²) in [5, 5.41) is 8.86. The highest BCUT2D eigenvalue weighted by Crippen LogP contribution is 2.62. The first kappa shape index (κ1) is 8.09. The number of hydrogen-bond acceptors (Lipinski definition) is 1. The first-order valence-corrected chi connectivity index (χ1v) is 4.85. The van der Waals surface area contributed by atoms with Crippen molar-refractivity contribution >= 4 is 5.97 Å². The molecule has 0 heterocycles. The summed E-state index contributed by atoms with van der Waals surface area (Å²) in [7, 11) is 0. The summed E-state index contributed by atoms with van der Waals surface area (Å²) in [6.07, 6.45) is 2.42.